The minimum Gasteiger partial charge on any atom is -0.310 e. The molecule has 3 N–H and O–H groups in total. The third-order valence-corrected chi connectivity index (χ3v) is 7.08. The average Bonchev–Trinajstić information content (AvgIpc) is 3.60. The first-order valence-corrected chi connectivity index (χ1v) is 12.9. The molecule has 9 nitrogen and oxygen atoms in total. The lowest BCUT2D eigenvalue weighted by Crippen LogP contribution is -2.31. The summed E-state index contributed by atoms with van der Waals surface area (Å²) in [7, 11) is 0. The molecule has 4 heterocycles. The number of aryl methyl sites for hydroxylation is 1. The Morgan fingerprint density at radius 3 is 2.57 bits per heavy atom. The fourth-order valence-electron chi connectivity index (χ4n) is 3.54. The van der Waals surface area contributed by atoms with Crippen molar-refractivity contribution in [1.82, 2.24) is 24.9 Å². The molecule has 4 aromatic rings. The van der Waals surface area contributed by atoms with Crippen LogP contribution in [0.15, 0.2) is 69.2 Å². The maximum Gasteiger partial charge on any atom is 0.323 e. The zero-order valence-electron chi connectivity index (χ0n) is 19.4. The average molecular weight is 509 g/mol. The predicted octanol–water partition coefficient (Wildman–Crippen LogP) is 3.76. The lowest BCUT2D eigenvalue weighted by atomic mass is 9.99. The number of amides is 1. The van der Waals surface area contributed by atoms with Gasteiger partial charge in [0.1, 0.15) is 5.69 Å². The summed E-state index contributed by atoms with van der Waals surface area (Å²) in [5.74, 6) is -0.0285. The van der Waals surface area contributed by atoms with Gasteiger partial charge >= 0.3 is 5.69 Å². The molecule has 1 aliphatic heterocycles. The molecule has 0 radical (unpaired) electrons. The van der Waals surface area contributed by atoms with Crippen molar-refractivity contribution in [2.24, 2.45) is 11.0 Å². The summed E-state index contributed by atoms with van der Waals surface area (Å²) >= 11 is 3.25. The number of hydrogen-bond donors (Lipinski definition) is 3. The Labute approximate surface area is 209 Å². The summed E-state index contributed by atoms with van der Waals surface area (Å²) in [5.41, 5.74) is 5.67. The Kier molecular flexibility index (Phi) is 7.47. The summed E-state index contributed by atoms with van der Waals surface area (Å²) in [6, 6.07) is 9.37. The summed E-state index contributed by atoms with van der Waals surface area (Å²) in [5, 5.41) is 6.22. The van der Waals surface area contributed by atoms with Gasteiger partial charge in [0, 0.05) is 46.3 Å². The smallest absolute Gasteiger partial charge is 0.310 e. The van der Waals surface area contributed by atoms with E-state index in [9.17, 15) is 14.4 Å². The van der Waals surface area contributed by atoms with E-state index in [0.717, 1.165) is 21.2 Å². The van der Waals surface area contributed by atoms with Gasteiger partial charge in [-0.1, -0.05) is 6.92 Å². The number of aromatic nitrogens is 4. The van der Waals surface area contributed by atoms with Crippen LogP contribution in [0.2, 0.25) is 0 Å². The van der Waals surface area contributed by atoms with Crippen molar-refractivity contribution >= 4 is 40.5 Å². The Morgan fingerprint density at radius 1 is 1.20 bits per heavy atom. The molecule has 0 saturated carbocycles. The van der Waals surface area contributed by atoms with E-state index in [-0.39, 0.29) is 23.3 Å². The van der Waals surface area contributed by atoms with Gasteiger partial charge in [-0.3, -0.25) is 9.59 Å². The second-order valence-corrected chi connectivity index (χ2v) is 9.70. The van der Waals surface area contributed by atoms with Crippen molar-refractivity contribution in [3.05, 3.63) is 86.7 Å². The number of carbonyl (C=O) groups excluding carboxylic acids is 2. The molecule has 1 aliphatic rings. The molecule has 3 aromatic heterocycles. The number of rotatable bonds is 5. The monoisotopic (exact) mass is 508 g/mol. The molecule has 180 valence electrons. The molecule has 11 heteroatoms. The number of hydrogen-bond acceptors (Lipinski definition) is 7. The summed E-state index contributed by atoms with van der Waals surface area (Å²) in [4.78, 5) is 45.6. The number of ketones is 1. The van der Waals surface area contributed by atoms with E-state index in [1.165, 1.54) is 0 Å². The number of benzene rings is 1. The number of aromatic amines is 2. The molecule has 1 atom stereocenters. The Hall–Kier alpha value is -3.70. The molecular weight excluding hydrogens is 484 g/mol. The fourth-order valence-corrected chi connectivity index (χ4v) is 4.95. The third-order valence-electron chi connectivity index (χ3n) is 5.39. The van der Waals surface area contributed by atoms with E-state index < -0.39 is 0 Å². The van der Waals surface area contributed by atoms with Gasteiger partial charge < -0.3 is 14.5 Å². The number of H-pyrrole nitrogens is 2. The van der Waals surface area contributed by atoms with E-state index in [2.05, 4.69) is 36.9 Å². The third kappa shape index (κ3) is 5.69. The topological polar surface area (TPSA) is 125 Å². The van der Waals surface area contributed by atoms with Gasteiger partial charge in [-0.05, 0) is 43.5 Å². The first kappa shape index (κ1) is 24.4. The van der Waals surface area contributed by atoms with E-state index in [4.69, 9.17) is 0 Å². The van der Waals surface area contributed by atoms with Crippen LogP contribution in [0.1, 0.15) is 40.0 Å². The molecule has 5 rings (SSSR count). The summed E-state index contributed by atoms with van der Waals surface area (Å²) in [6.07, 6.45) is 7.89. The van der Waals surface area contributed by atoms with Crippen molar-refractivity contribution < 1.29 is 9.59 Å². The van der Waals surface area contributed by atoms with Gasteiger partial charge in [0.25, 0.3) is 0 Å². The van der Waals surface area contributed by atoms with Crippen LogP contribution in [0.25, 0.3) is 5.69 Å². The van der Waals surface area contributed by atoms with E-state index in [0.29, 0.717) is 23.4 Å². The zero-order valence-corrected chi connectivity index (χ0v) is 21.0. The van der Waals surface area contributed by atoms with Crippen molar-refractivity contribution in [3.8, 4) is 5.69 Å². The molecule has 0 bridgehead atoms. The van der Waals surface area contributed by atoms with Crippen molar-refractivity contribution in [2.45, 2.75) is 25.2 Å². The molecule has 0 spiro atoms. The number of carbonyl (C=O) groups is 2. The van der Waals surface area contributed by atoms with Crippen molar-refractivity contribution in [2.75, 3.05) is 6.26 Å². The first-order valence-electron chi connectivity index (χ1n) is 10.8. The number of thiophene rings is 1. The number of nitrogens with one attached hydrogen (secondary N) is 3. The van der Waals surface area contributed by atoms with Gasteiger partial charge in [0.15, 0.2) is 0 Å². The van der Waals surface area contributed by atoms with E-state index in [1.807, 2.05) is 36.1 Å². The minimum absolute atomic E-state index is 0.0161. The Balaban J connectivity index is 0.000000165. The lowest BCUT2D eigenvalue weighted by molar-refractivity contribution is -0.121. The normalized spacial score (nSPS) is 15.1. The molecule has 0 saturated heterocycles. The second kappa shape index (κ2) is 10.7. The number of hydrazone groups is 1. The molecule has 35 heavy (non-hydrogen) atoms. The van der Waals surface area contributed by atoms with Gasteiger partial charge in [-0.15, -0.1) is 23.1 Å². The molecular formula is C24H24N6O3S2. The highest BCUT2D eigenvalue weighted by Crippen LogP contribution is 2.24. The van der Waals surface area contributed by atoms with Crippen LogP contribution in [0.5, 0.6) is 0 Å². The Morgan fingerprint density at radius 2 is 1.97 bits per heavy atom. The van der Waals surface area contributed by atoms with E-state index >= 15 is 0 Å². The van der Waals surface area contributed by atoms with Gasteiger partial charge in [-0.2, -0.15) is 5.10 Å². The van der Waals surface area contributed by atoms with Crippen LogP contribution in [0.4, 0.5) is 0 Å². The van der Waals surface area contributed by atoms with Crippen molar-refractivity contribution in [3.63, 3.8) is 0 Å². The standard InChI is InChI=1S/C12H12N4OS.C12H12N2O2S/c1-8-4-11(17)14-15-12(8)10-5-9(6-18-10)16-3-2-13-7-16;1-7-10(14-12(16)13-7)11(15)8-3-5-9(17-2)6-4-8/h2-3,5-8H,4H2,1H3,(H,14,17);3-6H,1-2H3,(H2,13,14,16). The quantitative estimate of drug-likeness (QED) is 0.280. The van der Waals surface area contributed by atoms with Crippen molar-refractivity contribution in [1.29, 1.82) is 0 Å². The van der Waals surface area contributed by atoms with Crippen LogP contribution in [0.3, 0.4) is 0 Å². The highest BCUT2D eigenvalue weighted by Gasteiger charge is 2.22. The zero-order chi connectivity index (χ0) is 24.9. The van der Waals surface area contributed by atoms with Crippen LogP contribution in [-0.4, -0.2) is 43.2 Å². The molecule has 0 fully saturated rings. The largest absolute Gasteiger partial charge is 0.323 e. The van der Waals surface area contributed by atoms with Crippen LogP contribution in [-0.2, 0) is 4.79 Å². The predicted molar refractivity (Wildman–Crippen MR) is 138 cm³/mol. The van der Waals surface area contributed by atoms with Crippen LogP contribution >= 0.6 is 23.1 Å². The molecule has 1 unspecified atom stereocenters. The minimum atomic E-state index is -0.355. The van der Waals surface area contributed by atoms with Crippen LogP contribution in [0, 0.1) is 12.8 Å². The first-order chi connectivity index (χ1) is 16.9. The molecule has 0 aliphatic carbocycles. The second-order valence-electron chi connectivity index (χ2n) is 7.91. The maximum atomic E-state index is 12.1. The number of imidazole rings is 2. The fraction of sp³-hybridized carbons (Fsp3) is 0.208. The summed E-state index contributed by atoms with van der Waals surface area (Å²) < 4.78 is 1.95. The van der Waals surface area contributed by atoms with Crippen LogP contribution < -0.4 is 11.1 Å². The lowest BCUT2D eigenvalue weighted by Gasteiger charge is -2.17. The maximum absolute atomic E-state index is 12.1. The SMILES string of the molecule is CC1CC(=O)NN=C1c1cc(-n2ccnc2)cs1.CSc1ccc(C(=O)c2[nH]c(=O)[nH]c2C)cc1. The van der Waals surface area contributed by atoms with Gasteiger partial charge in [0.05, 0.1) is 22.6 Å². The summed E-state index contributed by atoms with van der Waals surface area (Å²) in [6.45, 7) is 3.72. The highest BCUT2D eigenvalue weighted by molar-refractivity contribution is 7.98. The van der Waals surface area contributed by atoms with Gasteiger partial charge in [0.2, 0.25) is 11.7 Å². The molecule has 1 amide bonds. The van der Waals surface area contributed by atoms with E-state index in [1.54, 1.807) is 54.7 Å². The van der Waals surface area contributed by atoms with Gasteiger partial charge in [-0.25, -0.2) is 15.2 Å². The number of nitrogens with zero attached hydrogens (tertiary/aromatic N) is 3. The Bertz CT molecular complexity index is 1410. The highest BCUT2D eigenvalue weighted by atomic mass is 32.2. The molecule has 1 aromatic carbocycles. The number of thioether (sulfide) groups is 1.